The molecule has 2 N–H and O–H groups in total. The molecule has 1 aromatic rings. The molecule has 1 unspecified atom stereocenters. The van der Waals surface area contributed by atoms with Gasteiger partial charge in [0, 0.05) is 19.2 Å². The van der Waals surface area contributed by atoms with E-state index in [9.17, 15) is 9.59 Å². The van der Waals surface area contributed by atoms with E-state index in [2.05, 4.69) is 10.6 Å². The predicted molar refractivity (Wildman–Crippen MR) is 72.7 cm³/mol. The second-order valence-corrected chi connectivity index (χ2v) is 4.51. The minimum absolute atomic E-state index is 0.0476. The van der Waals surface area contributed by atoms with Gasteiger partial charge in [-0.3, -0.25) is 9.59 Å². The van der Waals surface area contributed by atoms with Crippen LogP contribution in [0.5, 0.6) is 0 Å². The van der Waals surface area contributed by atoms with Crippen molar-refractivity contribution in [3.8, 4) is 0 Å². The first-order valence-corrected chi connectivity index (χ1v) is 6.62. The van der Waals surface area contributed by atoms with Gasteiger partial charge in [0.15, 0.2) is 0 Å². The van der Waals surface area contributed by atoms with Crippen molar-refractivity contribution in [3.63, 3.8) is 0 Å². The number of rotatable bonds is 6. The van der Waals surface area contributed by atoms with Crippen molar-refractivity contribution in [2.24, 2.45) is 0 Å². The van der Waals surface area contributed by atoms with E-state index in [0.717, 1.165) is 19.4 Å². The molecule has 0 aliphatic carbocycles. The van der Waals surface area contributed by atoms with Crippen LogP contribution < -0.4 is 10.6 Å². The maximum absolute atomic E-state index is 11.5. The Bertz CT molecular complexity index is 462. The normalized spacial score (nSPS) is 18.3. The van der Waals surface area contributed by atoms with Crippen molar-refractivity contribution in [1.29, 1.82) is 0 Å². The lowest BCUT2D eigenvalue weighted by atomic mass is 10.2. The molecule has 108 valence electrons. The number of furan rings is 1. The molecule has 2 heterocycles. The average Bonchev–Trinajstić information content (AvgIpc) is 3.13. The van der Waals surface area contributed by atoms with Crippen LogP contribution in [0.1, 0.15) is 18.6 Å². The Labute approximate surface area is 117 Å². The second kappa shape index (κ2) is 7.49. The number of hydrogen-bond acceptors (Lipinski definition) is 4. The molecule has 6 nitrogen and oxygen atoms in total. The highest BCUT2D eigenvalue weighted by Gasteiger charge is 2.15. The summed E-state index contributed by atoms with van der Waals surface area (Å²) >= 11 is 0. The molecule has 1 fully saturated rings. The van der Waals surface area contributed by atoms with Gasteiger partial charge >= 0.3 is 0 Å². The van der Waals surface area contributed by atoms with Crippen LogP contribution in [0.15, 0.2) is 28.9 Å². The van der Waals surface area contributed by atoms with Crippen molar-refractivity contribution in [1.82, 2.24) is 10.6 Å². The number of ether oxygens (including phenoxy) is 1. The smallest absolute Gasteiger partial charge is 0.244 e. The molecule has 0 bridgehead atoms. The monoisotopic (exact) mass is 278 g/mol. The zero-order valence-electron chi connectivity index (χ0n) is 11.1. The summed E-state index contributed by atoms with van der Waals surface area (Å²) in [6.07, 6.45) is 6.50. The van der Waals surface area contributed by atoms with E-state index in [4.69, 9.17) is 9.15 Å². The first-order valence-electron chi connectivity index (χ1n) is 6.62. The van der Waals surface area contributed by atoms with Crippen LogP contribution in [0.2, 0.25) is 0 Å². The third kappa shape index (κ3) is 4.89. The van der Waals surface area contributed by atoms with Crippen LogP contribution in [-0.4, -0.2) is 37.6 Å². The van der Waals surface area contributed by atoms with E-state index in [1.54, 1.807) is 18.2 Å². The molecule has 1 atom stereocenters. The molecule has 6 heteroatoms. The maximum Gasteiger partial charge on any atom is 0.244 e. The fraction of sp³-hybridized carbons (Fsp3) is 0.429. The van der Waals surface area contributed by atoms with E-state index in [1.807, 2.05) is 0 Å². The maximum atomic E-state index is 11.5. The molecule has 1 saturated heterocycles. The molecule has 1 aliphatic heterocycles. The summed E-state index contributed by atoms with van der Waals surface area (Å²) in [5.74, 6) is 0.0249. The van der Waals surface area contributed by atoms with E-state index in [-0.39, 0.29) is 24.5 Å². The van der Waals surface area contributed by atoms with Crippen LogP contribution in [-0.2, 0) is 14.3 Å². The van der Waals surface area contributed by atoms with Crippen LogP contribution in [0, 0.1) is 0 Å². The van der Waals surface area contributed by atoms with Gasteiger partial charge in [-0.25, -0.2) is 0 Å². The summed E-state index contributed by atoms with van der Waals surface area (Å²) in [7, 11) is 0. The SMILES string of the molecule is O=C(C=Cc1ccco1)NCC(=O)NCC1CCCO1. The molecule has 0 aromatic carbocycles. The van der Waals surface area contributed by atoms with Crippen molar-refractivity contribution in [3.05, 3.63) is 30.2 Å². The zero-order chi connectivity index (χ0) is 14.2. The van der Waals surface area contributed by atoms with Gasteiger partial charge in [-0.05, 0) is 31.1 Å². The van der Waals surface area contributed by atoms with Gasteiger partial charge in [0.1, 0.15) is 5.76 Å². The van der Waals surface area contributed by atoms with E-state index >= 15 is 0 Å². The van der Waals surface area contributed by atoms with Crippen LogP contribution in [0.25, 0.3) is 6.08 Å². The van der Waals surface area contributed by atoms with Gasteiger partial charge in [0.2, 0.25) is 11.8 Å². The number of hydrogen-bond donors (Lipinski definition) is 2. The summed E-state index contributed by atoms with van der Waals surface area (Å²) in [5.41, 5.74) is 0. The Balaban J connectivity index is 1.61. The number of nitrogens with one attached hydrogen (secondary N) is 2. The van der Waals surface area contributed by atoms with Gasteiger partial charge in [-0.1, -0.05) is 0 Å². The Morgan fingerprint density at radius 3 is 3.00 bits per heavy atom. The van der Waals surface area contributed by atoms with Crippen LogP contribution >= 0.6 is 0 Å². The Hall–Kier alpha value is -2.08. The molecular formula is C14H18N2O4. The van der Waals surface area contributed by atoms with E-state index in [1.165, 1.54) is 12.3 Å². The van der Waals surface area contributed by atoms with Gasteiger partial charge in [0.25, 0.3) is 0 Å². The topological polar surface area (TPSA) is 80.6 Å². The summed E-state index contributed by atoms with van der Waals surface area (Å²) in [6, 6.07) is 3.47. The highest BCUT2D eigenvalue weighted by molar-refractivity contribution is 5.93. The lowest BCUT2D eigenvalue weighted by molar-refractivity contribution is -0.124. The molecular weight excluding hydrogens is 260 g/mol. The van der Waals surface area contributed by atoms with Gasteiger partial charge < -0.3 is 19.8 Å². The Morgan fingerprint density at radius 1 is 1.40 bits per heavy atom. The van der Waals surface area contributed by atoms with Gasteiger partial charge in [-0.15, -0.1) is 0 Å². The van der Waals surface area contributed by atoms with E-state index < -0.39 is 0 Å². The molecule has 2 rings (SSSR count). The zero-order valence-corrected chi connectivity index (χ0v) is 11.1. The molecule has 1 aromatic heterocycles. The van der Waals surface area contributed by atoms with E-state index in [0.29, 0.717) is 12.3 Å². The lowest BCUT2D eigenvalue weighted by Gasteiger charge is -2.10. The molecule has 20 heavy (non-hydrogen) atoms. The Kier molecular flexibility index (Phi) is 5.37. The summed E-state index contributed by atoms with van der Waals surface area (Å²) in [6.45, 7) is 1.21. The van der Waals surface area contributed by atoms with Crippen molar-refractivity contribution >= 4 is 17.9 Å². The third-order valence-corrected chi connectivity index (χ3v) is 2.92. The largest absolute Gasteiger partial charge is 0.465 e. The first-order chi connectivity index (χ1) is 9.74. The number of carbonyl (C=O) groups excluding carboxylic acids is 2. The number of amides is 2. The summed E-state index contributed by atoms with van der Waals surface area (Å²) < 4.78 is 10.4. The molecule has 0 saturated carbocycles. The molecule has 0 radical (unpaired) electrons. The van der Waals surface area contributed by atoms with Crippen molar-refractivity contribution < 1.29 is 18.7 Å². The fourth-order valence-electron chi connectivity index (χ4n) is 1.87. The highest BCUT2D eigenvalue weighted by atomic mass is 16.5. The predicted octanol–water partition coefficient (Wildman–Crippen LogP) is 0.704. The van der Waals surface area contributed by atoms with Crippen molar-refractivity contribution in [2.75, 3.05) is 19.7 Å². The molecule has 0 spiro atoms. The highest BCUT2D eigenvalue weighted by Crippen LogP contribution is 2.10. The standard InChI is InChI=1S/C14H18N2O4/c17-13(6-5-11-3-1-7-19-11)16-10-14(18)15-9-12-4-2-8-20-12/h1,3,5-7,12H,2,4,8-10H2,(H,15,18)(H,16,17). The van der Waals surface area contributed by atoms with Gasteiger partial charge in [-0.2, -0.15) is 0 Å². The summed E-state index contributed by atoms with van der Waals surface area (Å²) in [5, 5.41) is 5.23. The lowest BCUT2D eigenvalue weighted by Crippen LogP contribution is -2.39. The molecule has 1 aliphatic rings. The third-order valence-electron chi connectivity index (χ3n) is 2.92. The van der Waals surface area contributed by atoms with Crippen LogP contribution in [0.3, 0.4) is 0 Å². The minimum atomic E-state index is -0.339. The first kappa shape index (κ1) is 14.3. The molecule has 2 amide bonds. The number of carbonyl (C=O) groups is 2. The Morgan fingerprint density at radius 2 is 2.30 bits per heavy atom. The summed E-state index contributed by atoms with van der Waals surface area (Å²) in [4.78, 5) is 23.0. The fourth-order valence-corrected chi connectivity index (χ4v) is 1.87. The van der Waals surface area contributed by atoms with Gasteiger partial charge in [0.05, 0.1) is 18.9 Å². The quantitative estimate of drug-likeness (QED) is 0.751. The average molecular weight is 278 g/mol. The van der Waals surface area contributed by atoms with Crippen molar-refractivity contribution in [2.45, 2.75) is 18.9 Å². The van der Waals surface area contributed by atoms with Crippen LogP contribution in [0.4, 0.5) is 0 Å². The minimum Gasteiger partial charge on any atom is -0.465 e. The second-order valence-electron chi connectivity index (χ2n) is 4.51.